The first-order chi connectivity index (χ1) is 14.3. The topological polar surface area (TPSA) is 88.1 Å². The molecule has 0 unspecified atom stereocenters. The van der Waals surface area contributed by atoms with Crippen LogP contribution in [-0.4, -0.2) is 30.1 Å². The molecule has 0 fully saturated rings. The average Bonchev–Trinajstić information content (AvgIpc) is 2.72. The number of hydrazone groups is 1. The van der Waals surface area contributed by atoms with Crippen LogP contribution >= 0.6 is 0 Å². The first-order valence-corrected chi connectivity index (χ1v) is 8.84. The number of benzene rings is 2. The van der Waals surface area contributed by atoms with Crippen molar-refractivity contribution in [1.29, 1.82) is 0 Å². The number of carbonyl (C=O) groups excluding carboxylic acids is 3. The Morgan fingerprint density at radius 2 is 1.70 bits per heavy atom. The minimum absolute atomic E-state index is 0.0218. The molecule has 7 nitrogen and oxygen atoms in total. The van der Waals surface area contributed by atoms with Gasteiger partial charge < -0.3 is 10.1 Å². The van der Waals surface area contributed by atoms with Crippen LogP contribution in [0.25, 0.3) is 0 Å². The summed E-state index contributed by atoms with van der Waals surface area (Å²) in [6.45, 7) is -0.802. The highest BCUT2D eigenvalue weighted by molar-refractivity contribution is 6.38. The second kappa shape index (κ2) is 8.76. The van der Waals surface area contributed by atoms with Gasteiger partial charge in [0, 0.05) is 12.8 Å². The predicted octanol–water partition coefficient (Wildman–Crippen LogP) is 3.37. The SMILES string of the molecule is O=C(COC(=O)C1=NN(c2ccccc2)C(=O)CC1)Nc1ccccc1C(F)(F)F. The molecule has 1 N–H and O–H groups in total. The van der Waals surface area contributed by atoms with Crippen LogP contribution in [0.5, 0.6) is 0 Å². The molecule has 30 heavy (non-hydrogen) atoms. The fourth-order valence-corrected chi connectivity index (χ4v) is 2.71. The summed E-state index contributed by atoms with van der Waals surface area (Å²) in [5.74, 6) is -2.17. The zero-order valence-corrected chi connectivity index (χ0v) is 15.5. The summed E-state index contributed by atoms with van der Waals surface area (Å²) in [6.07, 6.45) is -4.60. The van der Waals surface area contributed by atoms with E-state index in [4.69, 9.17) is 4.74 Å². The highest BCUT2D eigenvalue weighted by Gasteiger charge is 2.33. The number of carbonyl (C=O) groups is 3. The zero-order valence-electron chi connectivity index (χ0n) is 15.5. The number of ether oxygens (including phenoxy) is 1. The molecule has 1 heterocycles. The van der Waals surface area contributed by atoms with Gasteiger partial charge in [-0.2, -0.15) is 18.3 Å². The fourth-order valence-electron chi connectivity index (χ4n) is 2.71. The molecule has 0 saturated carbocycles. The van der Waals surface area contributed by atoms with Gasteiger partial charge >= 0.3 is 12.1 Å². The molecule has 0 aromatic heterocycles. The summed E-state index contributed by atoms with van der Waals surface area (Å²) in [6, 6.07) is 12.9. The maximum atomic E-state index is 13.0. The molecular weight excluding hydrogens is 403 g/mol. The van der Waals surface area contributed by atoms with Gasteiger partial charge in [0.05, 0.1) is 16.9 Å². The van der Waals surface area contributed by atoms with Crippen LogP contribution in [-0.2, 0) is 25.3 Å². The predicted molar refractivity (Wildman–Crippen MR) is 102 cm³/mol. The van der Waals surface area contributed by atoms with Crippen molar-refractivity contribution < 1.29 is 32.3 Å². The average molecular weight is 419 g/mol. The van der Waals surface area contributed by atoms with Crippen LogP contribution in [0.3, 0.4) is 0 Å². The second-order valence-corrected chi connectivity index (χ2v) is 6.26. The Labute approximate surface area is 169 Å². The number of para-hydroxylation sites is 2. The van der Waals surface area contributed by atoms with Gasteiger partial charge in [0.1, 0.15) is 5.71 Å². The maximum absolute atomic E-state index is 13.0. The van der Waals surface area contributed by atoms with Crippen molar-refractivity contribution in [1.82, 2.24) is 0 Å². The lowest BCUT2D eigenvalue weighted by Gasteiger charge is -2.22. The highest BCUT2D eigenvalue weighted by atomic mass is 19.4. The van der Waals surface area contributed by atoms with Gasteiger partial charge in [0.15, 0.2) is 6.61 Å². The van der Waals surface area contributed by atoms with Gasteiger partial charge in [-0.1, -0.05) is 30.3 Å². The number of esters is 1. The molecule has 0 saturated heterocycles. The number of halogens is 3. The summed E-state index contributed by atoms with van der Waals surface area (Å²) in [4.78, 5) is 36.2. The Morgan fingerprint density at radius 3 is 2.40 bits per heavy atom. The number of nitrogens with zero attached hydrogens (tertiary/aromatic N) is 2. The summed E-state index contributed by atoms with van der Waals surface area (Å²) < 4.78 is 43.8. The monoisotopic (exact) mass is 419 g/mol. The van der Waals surface area contributed by atoms with E-state index in [9.17, 15) is 27.6 Å². The van der Waals surface area contributed by atoms with E-state index >= 15 is 0 Å². The van der Waals surface area contributed by atoms with Crippen molar-refractivity contribution in [2.45, 2.75) is 19.0 Å². The molecule has 0 bridgehead atoms. The van der Waals surface area contributed by atoms with E-state index in [-0.39, 0.29) is 24.5 Å². The highest BCUT2D eigenvalue weighted by Crippen LogP contribution is 2.34. The Hall–Kier alpha value is -3.69. The molecule has 10 heteroatoms. The van der Waals surface area contributed by atoms with Crippen molar-refractivity contribution in [2.75, 3.05) is 16.9 Å². The number of hydrogen-bond donors (Lipinski definition) is 1. The van der Waals surface area contributed by atoms with Crippen LogP contribution in [0.2, 0.25) is 0 Å². The molecular formula is C20H16F3N3O4. The first-order valence-electron chi connectivity index (χ1n) is 8.84. The fraction of sp³-hybridized carbons (Fsp3) is 0.200. The number of amides is 2. The smallest absolute Gasteiger partial charge is 0.418 e. The third kappa shape index (κ3) is 5.02. The molecule has 0 spiro atoms. The maximum Gasteiger partial charge on any atom is 0.418 e. The Bertz CT molecular complexity index is 990. The Kier molecular flexibility index (Phi) is 6.14. The number of alkyl halides is 3. The van der Waals surface area contributed by atoms with Gasteiger partial charge in [0.25, 0.3) is 5.91 Å². The van der Waals surface area contributed by atoms with Crippen LogP contribution in [0, 0.1) is 0 Å². The van der Waals surface area contributed by atoms with Gasteiger partial charge in [-0.05, 0) is 24.3 Å². The lowest BCUT2D eigenvalue weighted by molar-refractivity contribution is -0.141. The Morgan fingerprint density at radius 1 is 1.03 bits per heavy atom. The molecule has 0 aliphatic carbocycles. The summed E-state index contributed by atoms with van der Waals surface area (Å²) in [7, 11) is 0. The van der Waals surface area contributed by atoms with Crippen LogP contribution < -0.4 is 10.3 Å². The zero-order chi connectivity index (χ0) is 21.7. The van der Waals surface area contributed by atoms with Crippen LogP contribution in [0.1, 0.15) is 18.4 Å². The second-order valence-electron chi connectivity index (χ2n) is 6.26. The number of rotatable bonds is 5. The van der Waals surface area contributed by atoms with Crippen molar-refractivity contribution in [2.24, 2.45) is 5.10 Å². The molecule has 0 atom stereocenters. The molecule has 156 valence electrons. The lowest BCUT2D eigenvalue weighted by Crippen LogP contribution is -2.35. The van der Waals surface area contributed by atoms with E-state index < -0.39 is 35.9 Å². The van der Waals surface area contributed by atoms with E-state index in [1.54, 1.807) is 30.3 Å². The third-order valence-corrected chi connectivity index (χ3v) is 4.11. The third-order valence-electron chi connectivity index (χ3n) is 4.11. The van der Waals surface area contributed by atoms with Gasteiger partial charge in [-0.25, -0.2) is 9.80 Å². The van der Waals surface area contributed by atoms with E-state index in [0.29, 0.717) is 5.69 Å². The summed E-state index contributed by atoms with van der Waals surface area (Å²) in [5, 5.41) is 7.13. The molecule has 3 rings (SSSR count). The Balaban J connectivity index is 1.63. The first kappa shape index (κ1) is 21.0. The molecule has 2 aromatic rings. The molecule has 1 aliphatic heterocycles. The summed E-state index contributed by atoms with van der Waals surface area (Å²) in [5.41, 5.74) is -1.06. The van der Waals surface area contributed by atoms with E-state index in [1.807, 2.05) is 0 Å². The van der Waals surface area contributed by atoms with Crippen molar-refractivity contribution in [3.05, 3.63) is 60.2 Å². The van der Waals surface area contributed by atoms with E-state index in [0.717, 1.165) is 17.1 Å². The lowest BCUT2D eigenvalue weighted by atomic mass is 10.1. The number of anilines is 2. The van der Waals surface area contributed by atoms with E-state index in [2.05, 4.69) is 10.4 Å². The number of hydrogen-bond acceptors (Lipinski definition) is 5. The van der Waals surface area contributed by atoms with Crippen LogP contribution in [0.4, 0.5) is 24.5 Å². The number of nitrogens with one attached hydrogen (secondary N) is 1. The van der Waals surface area contributed by atoms with Gasteiger partial charge in [-0.3, -0.25) is 9.59 Å². The standard InChI is InChI=1S/C20H16F3N3O4/c21-20(22,23)14-8-4-5-9-15(14)24-17(27)12-30-19(29)16-10-11-18(28)26(25-16)13-6-2-1-3-7-13/h1-9H,10-12H2,(H,24,27). The van der Waals surface area contributed by atoms with Crippen molar-refractivity contribution in [3.63, 3.8) is 0 Å². The molecule has 2 amide bonds. The minimum Gasteiger partial charge on any atom is -0.451 e. The van der Waals surface area contributed by atoms with E-state index in [1.165, 1.54) is 12.1 Å². The minimum atomic E-state index is -4.65. The molecule has 0 radical (unpaired) electrons. The van der Waals surface area contributed by atoms with Crippen LogP contribution in [0.15, 0.2) is 59.7 Å². The molecule has 1 aliphatic rings. The van der Waals surface area contributed by atoms with Gasteiger partial charge in [0.2, 0.25) is 5.91 Å². The van der Waals surface area contributed by atoms with Crippen molar-refractivity contribution >= 4 is 34.9 Å². The van der Waals surface area contributed by atoms with Crippen molar-refractivity contribution in [3.8, 4) is 0 Å². The normalized spacial score (nSPS) is 14.2. The summed E-state index contributed by atoms with van der Waals surface area (Å²) >= 11 is 0. The quantitative estimate of drug-likeness (QED) is 0.753. The largest absolute Gasteiger partial charge is 0.451 e. The molecule has 2 aromatic carbocycles. The van der Waals surface area contributed by atoms with Gasteiger partial charge in [-0.15, -0.1) is 0 Å².